The zero-order chi connectivity index (χ0) is 14.4. The van der Waals surface area contributed by atoms with Crippen molar-refractivity contribution in [3.05, 3.63) is 42.0 Å². The molecule has 0 saturated carbocycles. The summed E-state index contributed by atoms with van der Waals surface area (Å²) in [4.78, 5) is 0. The van der Waals surface area contributed by atoms with Gasteiger partial charge in [0, 0.05) is 0 Å². The molecule has 20 heavy (non-hydrogen) atoms. The van der Waals surface area contributed by atoms with Crippen LogP contribution in [-0.2, 0) is 6.42 Å². The summed E-state index contributed by atoms with van der Waals surface area (Å²) in [6.07, 6.45) is 7.56. The van der Waals surface area contributed by atoms with Crippen LogP contribution in [0.25, 0.3) is 10.8 Å². The number of benzene rings is 2. The van der Waals surface area contributed by atoms with Gasteiger partial charge < -0.3 is 10.0 Å². The number of aryl methyl sites for hydroxylation is 1. The molecule has 0 bridgehead atoms. The van der Waals surface area contributed by atoms with Gasteiger partial charge in [0.25, 0.3) is 0 Å². The number of fused-ring (bicyclic) bond motifs is 1. The van der Waals surface area contributed by atoms with Crippen LogP contribution in [0.3, 0.4) is 0 Å². The van der Waals surface area contributed by atoms with Gasteiger partial charge in [-0.1, -0.05) is 69.0 Å². The van der Waals surface area contributed by atoms with Gasteiger partial charge in [-0.3, -0.25) is 0 Å². The fourth-order valence-corrected chi connectivity index (χ4v) is 2.56. The highest BCUT2D eigenvalue weighted by Crippen LogP contribution is 2.17. The highest BCUT2D eigenvalue weighted by Gasteiger charge is 2.10. The van der Waals surface area contributed by atoms with Gasteiger partial charge in [-0.15, -0.1) is 0 Å². The molecule has 0 heterocycles. The summed E-state index contributed by atoms with van der Waals surface area (Å²) in [5.74, 6) is 0. The predicted molar refractivity (Wildman–Crippen MR) is 86.2 cm³/mol. The average Bonchev–Trinajstić information content (AvgIpc) is 2.46. The van der Waals surface area contributed by atoms with E-state index in [1.54, 1.807) is 6.07 Å². The number of hydrogen-bond donors (Lipinski definition) is 2. The molecule has 0 spiro atoms. The van der Waals surface area contributed by atoms with E-state index in [0.717, 1.165) is 17.2 Å². The van der Waals surface area contributed by atoms with Crippen molar-refractivity contribution in [1.29, 1.82) is 0 Å². The summed E-state index contributed by atoms with van der Waals surface area (Å²) in [7, 11) is -1.39. The summed E-state index contributed by atoms with van der Waals surface area (Å²) in [5, 5.41) is 20.7. The standard InChI is InChI=1S/C17H23BO2/c1-2-3-4-5-6-7-14-8-9-15-10-11-17(18(19)20)13-16(15)12-14/h8-13,19-20H,2-7H2,1H3. The van der Waals surface area contributed by atoms with Crippen molar-refractivity contribution >= 4 is 23.4 Å². The van der Waals surface area contributed by atoms with Gasteiger partial charge in [-0.25, -0.2) is 0 Å². The maximum Gasteiger partial charge on any atom is 0.488 e. The van der Waals surface area contributed by atoms with Crippen LogP contribution in [-0.4, -0.2) is 17.2 Å². The third-order valence-electron chi connectivity index (χ3n) is 3.80. The van der Waals surface area contributed by atoms with Gasteiger partial charge in [-0.05, 0) is 34.6 Å². The lowest BCUT2D eigenvalue weighted by Gasteiger charge is -2.06. The molecule has 0 atom stereocenters. The molecule has 0 aromatic heterocycles. The first kappa shape index (κ1) is 15.1. The van der Waals surface area contributed by atoms with Crippen molar-refractivity contribution in [1.82, 2.24) is 0 Å². The van der Waals surface area contributed by atoms with Crippen LogP contribution >= 0.6 is 0 Å². The minimum atomic E-state index is -1.39. The third kappa shape index (κ3) is 4.09. The van der Waals surface area contributed by atoms with Crippen LogP contribution in [0.2, 0.25) is 0 Å². The van der Waals surface area contributed by atoms with Crippen LogP contribution in [0, 0.1) is 0 Å². The van der Waals surface area contributed by atoms with Crippen molar-refractivity contribution in [2.45, 2.75) is 45.4 Å². The molecule has 2 aromatic rings. The molecule has 0 fully saturated rings. The molecule has 0 saturated heterocycles. The van der Waals surface area contributed by atoms with E-state index >= 15 is 0 Å². The van der Waals surface area contributed by atoms with E-state index in [-0.39, 0.29) is 0 Å². The average molecular weight is 270 g/mol. The van der Waals surface area contributed by atoms with Crippen molar-refractivity contribution in [2.75, 3.05) is 0 Å². The lowest BCUT2D eigenvalue weighted by atomic mass is 9.79. The second-order valence-corrected chi connectivity index (χ2v) is 5.48. The van der Waals surface area contributed by atoms with Crippen molar-refractivity contribution in [3.8, 4) is 0 Å². The van der Waals surface area contributed by atoms with Gasteiger partial charge >= 0.3 is 7.12 Å². The normalized spacial score (nSPS) is 10.9. The molecular formula is C17H23BO2. The zero-order valence-corrected chi connectivity index (χ0v) is 12.2. The van der Waals surface area contributed by atoms with Crippen LogP contribution < -0.4 is 5.46 Å². The van der Waals surface area contributed by atoms with E-state index in [2.05, 4.69) is 25.1 Å². The predicted octanol–water partition coefficient (Wildman–Crippen LogP) is 3.03. The SMILES string of the molecule is CCCCCCCc1ccc2ccc(B(O)O)cc2c1. The number of unbranched alkanes of at least 4 members (excludes halogenated alkanes) is 4. The summed E-state index contributed by atoms with van der Waals surface area (Å²) < 4.78 is 0. The van der Waals surface area contributed by atoms with Crippen molar-refractivity contribution in [3.63, 3.8) is 0 Å². The minimum absolute atomic E-state index is 0.553. The van der Waals surface area contributed by atoms with Gasteiger partial charge in [0.05, 0.1) is 0 Å². The Morgan fingerprint density at radius 1 is 0.850 bits per heavy atom. The topological polar surface area (TPSA) is 40.5 Å². The van der Waals surface area contributed by atoms with E-state index < -0.39 is 7.12 Å². The molecule has 106 valence electrons. The Morgan fingerprint density at radius 3 is 2.35 bits per heavy atom. The highest BCUT2D eigenvalue weighted by atomic mass is 16.4. The molecular weight excluding hydrogens is 247 g/mol. The quantitative estimate of drug-likeness (QED) is 0.599. The lowest BCUT2D eigenvalue weighted by molar-refractivity contribution is 0.426. The first-order valence-corrected chi connectivity index (χ1v) is 7.59. The molecule has 2 rings (SSSR count). The van der Waals surface area contributed by atoms with Gasteiger partial charge in [0.2, 0.25) is 0 Å². The molecule has 2 aromatic carbocycles. The first-order chi connectivity index (χ1) is 9.70. The smallest absolute Gasteiger partial charge is 0.423 e. The second kappa shape index (κ2) is 7.46. The van der Waals surface area contributed by atoms with Crippen molar-refractivity contribution in [2.24, 2.45) is 0 Å². The van der Waals surface area contributed by atoms with Gasteiger partial charge in [0.15, 0.2) is 0 Å². The van der Waals surface area contributed by atoms with Crippen LogP contribution in [0.5, 0.6) is 0 Å². The molecule has 2 N–H and O–H groups in total. The lowest BCUT2D eigenvalue weighted by Crippen LogP contribution is -2.29. The molecule has 0 aliphatic heterocycles. The molecule has 0 aliphatic rings. The Bertz CT molecular complexity index is 552. The minimum Gasteiger partial charge on any atom is -0.423 e. The van der Waals surface area contributed by atoms with Crippen molar-refractivity contribution < 1.29 is 10.0 Å². The van der Waals surface area contributed by atoms with Crippen LogP contribution in [0.15, 0.2) is 36.4 Å². The molecule has 0 amide bonds. The third-order valence-corrected chi connectivity index (χ3v) is 3.80. The largest absolute Gasteiger partial charge is 0.488 e. The molecule has 3 heteroatoms. The van der Waals surface area contributed by atoms with Crippen LogP contribution in [0.4, 0.5) is 0 Å². The van der Waals surface area contributed by atoms with Crippen LogP contribution in [0.1, 0.15) is 44.6 Å². The summed E-state index contributed by atoms with van der Waals surface area (Å²) in [5.41, 5.74) is 1.89. The Balaban J connectivity index is 2.03. The molecule has 2 nitrogen and oxygen atoms in total. The summed E-state index contributed by atoms with van der Waals surface area (Å²) in [6, 6.07) is 12.0. The number of rotatable bonds is 7. The molecule has 0 radical (unpaired) electrons. The highest BCUT2D eigenvalue weighted by molar-refractivity contribution is 6.58. The molecule has 0 aliphatic carbocycles. The zero-order valence-electron chi connectivity index (χ0n) is 12.2. The maximum atomic E-state index is 9.23. The summed E-state index contributed by atoms with van der Waals surface area (Å²) in [6.45, 7) is 2.23. The summed E-state index contributed by atoms with van der Waals surface area (Å²) >= 11 is 0. The number of hydrogen-bond acceptors (Lipinski definition) is 2. The first-order valence-electron chi connectivity index (χ1n) is 7.59. The fraction of sp³-hybridized carbons (Fsp3) is 0.412. The fourth-order valence-electron chi connectivity index (χ4n) is 2.56. The molecule has 0 unspecified atom stereocenters. The van der Waals surface area contributed by atoms with E-state index in [1.807, 2.05) is 12.1 Å². The Labute approximate surface area is 121 Å². The Hall–Kier alpha value is -1.32. The van der Waals surface area contributed by atoms with Gasteiger partial charge in [0.1, 0.15) is 0 Å². The van der Waals surface area contributed by atoms with E-state index in [1.165, 1.54) is 37.7 Å². The maximum absolute atomic E-state index is 9.23. The van der Waals surface area contributed by atoms with Gasteiger partial charge in [-0.2, -0.15) is 0 Å². The monoisotopic (exact) mass is 270 g/mol. The van der Waals surface area contributed by atoms with E-state index in [4.69, 9.17) is 0 Å². The van der Waals surface area contributed by atoms with E-state index in [9.17, 15) is 10.0 Å². The second-order valence-electron chi connectivity index (χ2n) is 5.48. The Morgan fingerprint density at radius 2 is 1.60 bits per heavy atom. The van der Waals surface area contributed by atoms with E-state index in [0.29, 0.717) is 5.46 Å². The Kier molecular flexibility index (Phi) is 5.63.